The largest absolute Gasteiger partial charge is 0.461 e. The van der Waals surface area contributed by atoms with Crippen molar-refractivity contribution in [2.45, 2.75) is 36.7 Å². The lowest BCUT2D eigenvalue weighted by Gasteiger charge is -2.21. The van der Waals surface area contributed by atoms with Crippen LogP contribution in [0.4, 0.5) is 5.69 Å². The predicted molar refractivity (Wildman–Crippen MR) is 111 cm³/mol. The van der Waals surface area contributed by atoms with Crippen LogP contribution in [0.1, 0.15) is 30.7 Å². The molecule has 3 heterocycles. The molecule has 0 bridgehead atoms. The number of thioether (sulfide) groups is 1. The molecule has 1 fully saturated rings. The van der Waals surface area contributed by atoms with Gasteiger partial charge in [0.2, 0.25) is 17.6 Å². The van der Waals surface area contributed by atoms with Gasteiger partial charge >= 0.3 is 0 Å². The van der Waals surface area contributed by atoms with Crippen LogP contribution in [0.5, 0.6) is 0 Å². The van der Waals surface area contributed by atoms with E-state index < -0.39 is 0 Å². The Balaban J connectivity index is 1.25. The molecule has 0 saturated carbocycles. The van der Waals surface area contributed by atoms with Crippen LogP contribution in [0.15, 0.2) is 51.6 Å². The number of nitrogens with one attached hydrogen (secondary N) is 1. The number of carbonyl (C=O) groups excluding carboxylic acids is 1. The van der Waals surface area contributed by atoms with E-state index in [1.807, 2.05) is 30.0 Å². The quantitative estimate of drug-likeness (QED) is 0.588. The zero-order valence-electron chi connectivity index (χ0n) is 16.0. The van der Waals surface area contributed by atoms with Crippen molar-refractivity contribution in [2.24, 2.45) is 0 Å². The molecule has 1 saturated heterocycles. The van der Waals surface area contributed by atoms with Crippen LogP contribution < -0.4 is 5.32 Å². The maximum atomic E-state index is 12.3. The van der Waals surface area contributed by atoms with Crippen molar-refractivity contribution in [3.05, 3.63) is 54.1 Å². The SMILES string of the molecule is O=C(CCc1nc(-c2ccco2)no1)Nc1cccc(CSC2CCOCC2)c1. The number of hydrogen-bond donors (Lipinski definition) is 1. The summed E-state index contributed by atoms with van der Waals surface area (Å²) in [5, 5.41) is 7.47. The third-order valence-corrected chi connectivity index (χ3v) is 6.08. The monoisotopic (exact) mass is 413 g/mol. The minimum atomic E-state index is -0.0861. The number of amides is 1. The molecule has 0 unspecified atom stereocenters. The first-order chi connectivity index (χ1) is 14.3. The van der Waals surface area contributed by atoms with Gasteiger partial charge in [0.1, 0.15) is 0 Å². The number of aryl methyl sites for hydroxylation is 1. The average molecular weight is 413 g/mol. The standard InChI is InChI=1S/C21H23N3O4S/c25-19(6-7-20-23-21(24-28-20)18-5-2-10-27-18)22-16-4-1-3-15(13-16)14-29-17-8-11-26-12-9-17/h1-5,10,13,17H,6-9,11-12,14H2,(H,22,25). The average Bonchev–Trinajstić information content (AvgIpc) is 3.44. The summed E-state index contributed by atoms with van der Waals surface area (Å²) >= 11 is 1.96. The van der Waals surface area contributed by atoms with Crippen molar-refractivity contribution in [1.29, 1.82) is 0 Å². The lowest BCUT2D eigenvalue weighted by atomic mass is 10.2. The van der Waals surface area contributed by atoms with Crippen LogP contribution >= 0.6 is 11.8 Å². The molecule has 1 amide bonds. The molecular formula is C21H23N3O4S. The Morgan fingerprint density at radius 3 is 2.93 bits per heavy atom. The van der Waals surface area contributed by atoms with E-state index in [9.17, 15) is 4.79 Å². The summed E-state index contributed by atoms with van der Waals surface area (Å²) in [5.41, 5.74) is 2.01. The number of rotatable bonds is 8. The van der Waals surface area contributed by atoms with Crippen LogP contribution in [0.2, 0.25) is 0 Å². The number of furan rings is 1. The van der Waals surface area contributed by atoms with Gasteiger partial charge in [-0.3, -0.25) is 4.79 Å². The Hall–Kier alpha value is -2.58. The van der Waals surface area contributed by atoms with E-state index in [0.717, 1.165) is 37.5 Å². The Morgan fingerprint density at radius 2 is 2.10 bits per heavy atom. The molecule has 7 nitrogen and oxygen atoms in total. The Kier molecular flexibility index (Phi) is 6.63. The lowest BCUT2D eigenvalue weighted by molar-refractivity contribution is -0.116. The van der Waals surface area contributed by atoms with Crippen LogP contribution in [-0.4, -0.2) is 34.5 Å². The molecule has 3 aromatic rings. The van der Waals surface area contributed by atoms with Crippen LogP contribution in [0, 0.1) is 0 Å². The maximum Gasteiger partial charge on any atom is 0.238 e. The molecular weight excluding hydrogens is 390 g/mol. The molecule has 4 rings (SSSR count). The van der Waals surface area contributed by atoms with Gasteiger partial charge in [0, 0.05) is 42.7 Å². The fourth-order valence-corrected chi connectivity index (χ4v) is 4.24. The Morgan fingerprint density at radius 1 is 1.21 bits per heavy atom. The van der Waals surface area contributed by atoms with Crippen LogP contribution in [0.25, 0.3) is 11.6 Å². The van der Waals surface area contributed by atoms with Crippen molar-refractivity contribution < 1.29 is 18.5 Å². The summed E-state index contributed by atoms with van der Waals surface area (Å²) in [4.78, 5) is 16.6. The highest BCUT2D eigenvalue weighted by Gasteiger charge is 2.15. The summed E-state index contributed by atoms with van der Waals surface area (Å²) in [6.45, 7) is 1.72. The number of aromatic nitrogens is 2. The van der Waals surface area contributed by atoms with E-state index in [1.165, 1.54) is 5.56 Å². The highest BCUT2D eigenvalue weighted by atomic mass is 32.2. The van der Waals surface area contributed by atoms with Crippen LogP contribution in [-0.2, 0) is 21.7 Å². The summed E-state index contributed by atoms with van der Waals surface area (Å²) in [7, 11) is 0. The molecule has 2 aromatic heterocycles. The number of hydrogen-bond acceptors (Lipinski definition) is 7. The van der Waals surface area contributed by atoms with Gasteiger partial charge in [0.25, 0.3) is 0 Å². The number of anilines is 1. The minimum Gasteiger partial charge on any atom is -0.461 e. The molecule has 1 aliphatic heterocycles. The first kappa shape index (κ1) is 19.7. The zero-order chi connectivity index (χ0) is 19.9. The van der Waals surface area contributed by atoms with Crippen molar-refractivity contribution in [1.82, 2.24) is 10.1 Å². The van der Waals surface area contributed by atoms with Crippen molar-refractivity contribution in [3.63, 3.8) is 0 Å². The van der Waals surface area contributed by atoms with Crippen LogP contribution in [0.3, 0.4) is 0 Å². The summed E-state index contributed by atoms with van der Waals surface area (Å²) in [6.07, 6.45) is 4.41. The van der Waals surface area contributed by atoms with Gasteiger partial charge in [-0.2, -0.15) is 16.7 Å². The van der Waals surface area contributed by atoms with Gasteiger partial charge in [-0.1, -0.05) is 17.3 Å². The molecule has 1 N–H and O–H groups in total. The van der Waals surface area contributed by atoms with Gasteiger partial charge in [-0.15, -0.1) is 0 Å². The summed E-state index contributed by atoms with van der Waals surface area (Å²) in [6, 6.07) is 11.5. The Labute approximate surface area is 173 Å². The van der Waals surface area contributed by atoms with E-state index >= 15 is 0 Å². The number of benzene rings is 1. The first-order valence-electron chi connectivity index (χ1n) is 9.71. The predicted octanol–water partition coefficient (Wildman–Crippen LogP) is 4.31. The molecule has 0 spiro atoms. The highest BCUT2D eigenvalue weighted by Crippen LogP contribution is 2.26. The van der Waals surface area contributed by atoms with Gasteiger partial charge < -0.3 is 19.0 Å². The van der Waals surface area contributed by atoms with Crippen molar-refractivity contribution >= 4 is 23.4 Å². The number of nitrogens with zero attached hydrogens (tertiary/aromatic N) is 2. The molecule has 0 aliphatic carbocycles. The third kappa shape index (κ3) is 5.71. The first-order valence-corrected chi connectivity index (χ1v) is 10.8. The summed E-state index contributed by atoms with van der Waals surface area (Å²) in [5.74, 6) is 2.19. The summed E-state index contributed by atoms with van der Waals surface area (Å²) < 4.78 is 15.8. The van der Waals surface area contributed by atoms with Gasteiger partial charge in [-0.05, 0) is 42.7 Å². The maximum absolute atomic E-state index is 12.3. The Bertz CT molecular complexity index is 920. The highest BCUT2D eigenvalue weighted by molar-refractivity contribution is 7.99. The second-order valence-electron chi connectivity index (χ2n) is 6.86. The molecule has 0 atom stereocenters. The van der Waals surface area contributed by atoms with E-state index in [0.29, 0.717) is 29.1 Å². The fraction of sp³-hybridized carbons (Fsp3) is 0.381. The third-order valence-electron chi connectivity index (χ3n) is 4.64. The van der Waals surface area contributed by atoms with Crippen molar-refractivity contribution in [2.75, 3.05) is 18.5 Å². The molecule has 1 aliphatic rings. The van der Waals surface area contributed by atoms with E-state index in [1.54, 1.807) is 18.4 Å². The lowest BCUT2D eigenvalue weighted by Crippen LogP contribution is -2.17. The molecule has 8 heteroatoms. The van der Waals surface area contributed by atoms with Crippen molar-refractivity contribution in [3.8, 4) is 11.6 Å². The minimum absolute atomic E-state index is 0.0861. The number of ether oxygens (including phenoxy) is 1. The normalized spacial score (nSPS) is 14.8. The number of carbonyl (C=O) groups is 1. The topological polar surface area (TPSA) is 90.4 Å². The molecule has 0 radical (unpaired) electrons. The smallest absolute Gasteiger partial charge is 0.238 e. The second kappa shape index (κ2) is 9.76. The van der Waals surface area contributed by atoms with Gasteiger partial charge in [0.05, 0.1) is 6.26 Å². The molecule has 152 valence electrons. The second-order valence-corrected chi connectivity index (χ2v) is 8.15. The van der Waals surface area contributed by atoms with E-state index in [-0.39, 0.29) is 12.3 Å². The van der Waals surface area contributed by atoms with E-state index in [2.05, 4.69) is 21.5 Å². The van der Waals surface area contributed by atoms with Gasteiger partial charge in [-0.25, -0.2) is 0 Å². The van der Waals surface area contributed by atoms with E-state index in [4.69, 9.17) is 13.7 Å². The molecule has 29 heavy (non-hydrogen) atoms. The zero-order valence-corrected chi connectivity index (χ0v) is 16.8. The van der Waals surface area contributed by atoms with Gasteiger partial charge in [0.15, 0.2) is 5.76 Å². The molecule has 1 aromatic carbocycles. The fourth-order valence-electron chi connectivity index (χ4n) is 3.10.